The molecule has 7 heteroatoms. The summed E-state index contributed by atoms with van der Waals surface area (Å²) in [4.78, 5) is 21.9. The molecule has 2 aromatic heterocycles. The molecule has 2 aromatic rings. The van der Waals surface area contributed by atoms with E-state index in [-0.39, 0.29) is 18.6 Å². The Kier molecular flexibility index (Phi) is 5.83. The molecule has 0 radical (unpaired) electrons. The minimum Gasteiger partial charge on any atom is -0.481 e. The Labute approximate surface area is 175 Å². The number of carbonyl (C=O) groups excluding carboxylic acids is 1. The Morgan fingerprint density at radius 3 is 2.93 bits per heavy atom. The molecule has 1 saturated heterocycles. The number of aliphatic hydroxyl groups is 1. The van der Waals surface area contributed by atoms with Crippen molar-refractivity contribution < 1.29 is 19.4 Å². The van der Waals surface area contributed by atoms with Crippen LogP contribution in [0.1, 0.15) is 47.8 Å². The van der Waals surface area contributed by atoms with Crippen molar-refractivity contribution in [1.29, 1.82) is 0 Å². The third-order valence-corrected chi connectivity index (χ3v) is 5.66. The Morgan fingerprint density at radius 2 is 2.20 bits per heavy atom. The molecule has 1 aliphatic heterocycles. The van der Waals surface area contributed by atoms with Crippen LogP contribution < -0.4 is 20.6 Å². The molecule has 0 saturated carbocycles. The summed E-state index contributed by atoms with van der Waals surface area (Å²) in [6.07, 6.45) is 9.11. The van der Waals surface area contributed by atoms with E-state index in [1.54, 1.807) is 20.2 Å². The van der Waals surface area contributed by atoms with Crippen LogP contribution in [0.4, 0.5) is 0 Å². The van der Waals surface area contributed by atoms with Gasteiger partial charge in [0.2, 0.25) is 5.88 Å². The van der Waals surface area contributed by atoms with Crippen molar-refractivity contribution in [3.63, 3.8) is 0 Å². The summed E-state index contributed by atoms with van der Waals surface area (Å²) >= 11 is 0. The predicted octanol–water partition coefficient (Wildman–Crippen LogP) is 0.701. The molecule has 2 N–H and O–H groups in total. The SMILES string of the molecule is COc1ccc(Cc2cc(C(=O)N[C@H]3CCOC[C@@]3(C)O)nc3c2=CCCC=3)cn1. The number of methoxy groups -OCH3 is 1. The fourth-order valence-corrected chi connectivity index (χ4v) is 3.94. The maximum absolute atomic E-state index is 13.0. The lowest BCUT2D eigenvalue weighted by atomic mass is 9.92. The standard InChI is InChI=1S/C23H27N3O4/c1-23(28)14-30-10-9-20(23)26-22(27)19-12-16(17-5-3-4-6-18(17)25-19)11-15-7-8-21(29-2)24-13-15/h5-8,12-13,20,28H,3-4,9-11,14H2,1-2H3,(H,26,27)/t20-,23+/m0/s1. The maximum atomic E-state index is 13.0. The number of fused-ring (bicyclic) bond motifs is 1. The van der Waals surface area contributed by atoms with Crippen molar-refractivity contribution >= 4 is 18.1 Å². The molecule has 4 rings (SSSR count). The lowest BCUT2D eigenvalue weighted by molar-refractivity contribution is -0.0929. The second kappa shape index (κ2) is 8.53. The average Bonchev–Trinajstić information content (AvgIpc) is 2.75. The Hall–Kier alpha value is -2.77. The Morgan fingerprint density at radius 1 is 1.37 bits per heavy atom. The molecule has 1 aliphatic carbocycles. The quantitative estimate of drug-likeness (QED) is 0.755. The Bertz CT molecular complexity index is 1050. The first-order valence-electron chi connectivity index (χ1n) is 10.3. The number of nitrogens with zero attached hydrogens (tertiary/aromatic N) is 2. The van der Waals surface area contributed by atoms with Crippen molar-refractivity contribution in [2.45, 2.75) is 44.2 Å². The van der Waals surface area contributed by atoms with Gasteiger partial charge in [-0.15, -0.1) is 0 Å². The highest BCUT2D eigenvalue weighted by Gasteiger charge is 2.36. The number of amides is 1. The van der Waals surface area contributed by atoms with Gasteiger partial charge < -0.3 is 19.9 Å². The molecule has 3 heterocycles. The van der Waals surface area contributed by atoms with Gasteiger partial charge in [0.1, 0.15) is 11.3 Å². The minimum atomic E-state index is -1.10. The Balaban J connectivity index is 1.64. The lowest BCUT2D eigenvalue weighted by Gasteiger charge is -2.37. The van der Waals surface area contributed by atoms with Crippen LogP contribution in [0, 0.1) is 0 Å². The first-order chi connectivity index (χ1) is 14.5. The van der Waals surface area contributed by atoms with Crippen LogP contribution in [0.2, 0.25) is 0 Å². The van der Waals surface area contributed by atoms with Crippen molar-refractivity contribution in [3.8, 4) is 5.88 Å². The molecule has 30 heavy (non-hydrogen) atoms. The zero-order valence-electron chi connectivity index (χ0n) is 17.4. The number of aromatic nitrogens is 2. The molecule has 0 aromatic carbocycles. The largest absolute Gasteiger partial charge is 0.481 e. The number of pyridine rings is 2. The molecule has 0 bridgehead atoms. The van der Waals surface area contributed by atoms with Crippen molar-refractivity contribution in [2.75, 3.05) is 20.3 Å². The van der Waals surface area contributed by atoms with Gasteiger partial charge in [0.25, 0.3) is 5.91 Å². The molecule has 2 aliphatic rings. The zero-order chi connectivity index (χ0) is 21.1. The molecule has 158 valence electrons. The molecular weight excluding hydrogens is 382 g/mol. The smallest absolute Gasteiger partial charge is 0.270 e. The third kappa shape index (κ3) is 4.37. The number of carbonyl (C=O) groups is 1. The number of hydrogen-bond acceptors (Lipinski definition) is 6. The van der Waals surface area contributed by atoms with Crippen LogP contribution in [-0.4, -0.2) is 52.9 Å². The third-order valence-electron chi connectivity index (χ3n) is 5.66. The maximum Gasteiger partial charge on any atom is 0.270 e. The molecule has 0 spiro atoms. The first kappa shape index (κ1) is 20.5. The van der Waals surface area contributed by atoms with Gasteiger partial charge in [-0.25, -0.2) is 9.97 Å². The minimum absolute atomic E-state index is 0.202. The monoisotopic (exact) mass is 409 g/mol. The van der Waals surface area contributed by atoms with Gasteiger partial charge in [0, 0.05) is 18.9 Å². The van der Waals surface area contributed by atoms with E-state index in [9.17, 15) is 9.90 Å². The lowest BCUT2D eigenvalue weighted by Crippen LogP contribution is -2.56. The second-order valence-electron chi connectivity index (χ2n) is 8.06. The second-order valence-corrected chi connectivity index (χ2v) is 8.06. The summed E-state index contributed by atoms with van der Waals surface area (Å²) in [7, 11) is 1.59. The van der Waals surface area contributed by atoms with E-state index in [1.807, 2.05) is 18.2 Å². The molecular formula is C23H27N3O4. The molecule has 7 nitrogen and oxygen atoms in total. The van der Waals surface area contributed by atoms with Crippen molar-refractivity contribution in [1.82, 2.24) is 15.3 Å². The van der Waals surface area contributed by atoms with Gasteiger partial charge in [-0.3, -0.25) is 4.79 Å². The summed E-state index contributed by atoms with van der Waals surface area (Å²) in [6, 6.07) is 5.28. The summed E-state index contributed by atoms with van der Waals surface area (Å²) in [5, 5.41) is 15.4. The van der Waals surface area contributed by atoms with E-state index >= 15 is 0 Å². The van der Waals surface area contributed by atoms with Crippen LogP contribution in [-0.2, 0) is 11.2 Å². The van der Waals surface area contributed by atoms with Crippen LogP contribution in [0.25, 0.3) is 12.2 Å². The highest BCUT2D eigenvalue weighted by molar-refractivity contribution is 5.92. The van der Waals surface area contributed by atoms with E-state index in [1.165, 1.54) is 0 Å². The van der Waals surface area contributed by atoms with Crippen LogP contribution in [0.3, 0.4) is 0 Å². The van der Waals surface area contributed by atoms with Crippen LogP contribution >= 0.6 is 0 Å². The van der Waals surface area contributed by atoms with Crippen LogP contribution in [0.15, 0.2) is 24.4 Å². The fraction of sp³-hybridized carbons (Fsp3) is 0.435. The van der Waals surface area contributed by atoms with E-state index in [0.717, 1.165) is 34.5 Å². The van der Waals surface area contributed by atoms with E-state index in [0.29, 0.717) is 31.0 Å². The molecule has 1 amide bonds. The first-order valence-corrected chi connectivity index (χ1v) is 10.3. The van der Waals surface area contributed by atoms with E-state index in [4.69, 9.17) is 9.47 Å². The van der Waals surface area contributed by atoms with Gasteiger partial charge in [0.15, 0.2) is 0 Å². The summed E-state index contributed by atoms with van der Waals surface area (Å²) in [6.45, 7) is 2.40. The average molecular weight is 409 g/mol. The zero-order valence-corrected chi connectivity index (χ0v) is 17.4. The van der Waals surface area contributed by atoms with E-state index < -0.39 is 5.60 Å². The number of nitrogens with one attached hydrogen (secondary N) is 1. The van der Waals surface area contributed by atoms with Crippen molar-refractivity contribution in [2.24, 2.45) is 0 Å². The number of ether oxygens (including phenoxy) is 2. The molecule has 0 unspecified atom stereocenters. The fourth-order valence-electron chi connectivity index (χ4n) is 3.94. The molecule has 2 atom stereocenters. The van der Waals surface area contributed by atoms with Gasteiger partial charge >= 0.3 is 0 Å². The van der Waals surface area contributed by atoms with Crippen LogP contribution in [0.5, 0.6) is 5.88 Å². The number of hydrogen-bond donors (Lipinski definition) is 2. The highest BCUT2D eigenvalue weighted by atomic mass is 16.5. The summed E-state index contributed by atoms with van der Waals surface area (Å²) < 4.78 is 10.5. The molecule has 1 fully saturated rings. The van der Waals surface area contributed by atoms with Crippen molar-refractivity contribution in [3.05, 3.63) is 51.8 Å². The van der Waals surface area contributed by atoms with Gasteiger partial charge in [0.05, 0.1) is 25.1 Å². The summed E-state index contributed by atoms with van der Waals surface area (Å²) in [5.74, 6) is 0.289. The van der Waals surface area contributed by atoms with E-state index in [2.05, 4.69) is 27.4 Å². The van der Waals surface area contributed by atoms with Gasteiger partial charge in [-0.1, -0.05) is 18.2 Å². The summed E-state index contributed by atoms with van der Waals surface area (Å²) in [5.41, 5.74) is 1.33. The normalized spacial score (nSPS) is 23.0. The van der Waals surface area contributed by atoms with Gasteiger partial charge in [-0.2, -0.15) is 0 Å². The predicted molar refractivity (Wildman–Crippen MR) is 113 cm³/mol. The van der Waals surface area contributed by atoms with Gasteiger partial charge in [-0.05, 0) is 55.0 Å². The highest BCUT2D eigenvalue weighted by Crippen LogP contribution is 2.19. The topological polar surface area (TPSA) is 93.6 Å². The number of rotatable bonds is 5.